The molecule has 0 aliphatic carbocycles. The van der Waals surface area contributed by atoms with Gasteiger partial charge in [0.25, 0.3) is 0 Å². The van der Waals surface area contributed by atoms with Crippen molar-refractivity contribution < 1.29 is 14.3 Å². The number of benzene rings is 2. The summed E-state index contributed by atoms with van der Waals surface area (Å²) in [6, 6.07) is 11.5. The molecule has 0 aliphatic heterocycles. The van der Waals surface area contributed by atoms with Crippen LogP contribution in [0.4, 0.5) is 4.39 Å². The third kappa shape index (κ3) is 3.00. The Labute approximate surface area is 120 Å². The highest BCUT2D eigenvalue weighted by Gasteiger charge is 2.12. The molecule has 0 aliphatic rings. The molecule has 3 N–H and O–H groups in total. The lowest BCUT2D eigenvalue weighted by Gasteiger charge is -2.10. The van der Waals surface area contributed by atoms with Gasteiger partial charge >= 0.3 is 0 Å². The van der Waals surface area contributed by atoms with Gasteiger partial charge in [-0.15, -0.1) is 0 Å². The second-order valence-corrected chi connectivity index (χ2v) is 4.39. The Kier molecular flexibility index (Phi) is 4.42. The summed E-state index contributed by atoms with van der Waals surface area (Å²) in [7, 11) is 0. The predicted molar refractivity (Wildman–Crippen MR) is 74.7 cm³/mol. The second kappa shape index (κ2) is 6.25. The Morgan fingerprint density at radius 3 is 2.70 bits per heavy atom. The highest BCUT2D eigenvalue weighted by Crippen LogP contribution is 2.24. The van der Waals surface area contributed by atoms with E-state index >= 15 is 0 Å². The summed E-state index contributed by atoms with van der Waals surface area (Å²) < 4.78 is 19.6. The molecule has 0 saturated carbocycles. The first-order valence-corrected chi connectivity index (χ1v) is 6.14. The van der Waals surface area contributed by atoms with Crippen molar-refractivity contribution in [3.63, 3.8) is 0 Å². The van der Waals surface area contributed by atoms with Crippen LogP contribution in [-0.2, 0) is 6.61 Å². The molecule has 104 valence electrons. The van der Waals surface area contributed by atoms with Crippen LogP contribution in [0.15, 0.2) is 47.6 Å². The van der Waals surface area contributed by atoms with Crippen LogP contribution in [0.25, 0.3) is 0 Å². The molecule has 0 spiro atoms. The van der Waals surface area contributed by atoms with Crippen LogP contribution < -0.4 is 10.5 Å². The van der Waals surface area contributed by atoms with Gasteiger partial charge in [-0.05, 0) is 18.2 Å². The minimum atomic E-state index is -0.588. The second-order valence-electron chi connectivity index (χ2n) is 3.98. The van der Waals surface area contributed by atoms with Gasteiger partial charge in [0.2, 0.25) is 0 Å². The molecule has 6 heteroatoms. The van der Waals surface area contributed by atoms with Crippen molar-refractivity contribution in [2.24, 2.45) is 10.9 Å². The zero-order valence-electron chi connectivity index (χ0n) is 10.4. The first kappa shape index (κ1) is 14.1. The number of rotatable bonds is 4. The number of halogens is 2. The van der Waals surface area contributed by atoms with Crippen LogP contribution in [0.2, 0.25) is 5.02 Å². The number of amidine groups is 1. The van der Waals surface area contributed by atoms with Gasteiger partial charge in [0.15, 0.2) is 5.84 Å². The molecular weight excluding hydrogens is 283 g/mol. The number of para-hydroxylation sites is 1. The number of hydrogen-bond acceptors (Lipinski definition) is 3. The van der Waals surface area contributed by atoms with Gasteiger partial charge in [0, 0.05) is 5.56 Å². The maximum Gasteiger partial charge on any atom is 0.173 e. The van der Waals surface area contributed by atoms with E-state index in [0.29, 0.717) is 10.8 Å². The van der Waals surface area contributed by atoms with Crippen molar-refractivity contribution in [3.8, 4) is 5.75 Å². The van der Waals surface area contributed by atoms with E-state index in [9.17, 15) is 4.39 Å². The van der Waals surface area contributed by atoms with Gasteiger partial charge in [-0.2, -0.15) is 0 Å². The Morgan fingerprint density at radius 1 is 1.25 bits per heavy atom. The summed E-state index contributed by atoms with van der Waals surface area (Å²) in [5.41, 5.74) is 5.70. The molecule has 0 heterocycles. The Morgan fingerprint density at radius 2 is 2.00 bits per heavy atom. The average Bonchev–Trinajstić information content (AvgIpc) is 2.47. The van der Waals surface area contributed by atoms with Crippen LogP contribution in [0, 0.1) is 5.82 Å². The third-order valence-electron chi connectivity index (χ3n) is 2.68. The van der Waals surface area contributed by atoms with Crippen molar-refractivity contribution in [1.82, 2.24) is 0 Å². The van der Waals surface area contributed by atoms with E-state index in [-0.39, 0.29) is 23.6 Å². The topological polar surface area (TPSA) is 67.8 Å². The first-order chi connectivity index (χ1) is 9.63. The molecule has 0 radical (unpaired) electrons. The standard InChI is InChI=1S/C14H12ClFN2O2/c15-11-6-1-2-7-12(11)20-8-9-4-3-5-10(13(9)16)14(17)18-19/h1-7,19H,8H2,(H2,17,18). The Balaban J connectivity index is 2.21. The van der Waals surface area contributed by atoms with E-state index in [2.05, 4.69) is 5.16 Å². The average molecular weight is 295 g/mol. The number of oxime groups is 1. The summed E-state index contributed by atoms with van der Waals surface area (Å²) in [6.45, 7) is -0.0118. The van der Waals surface area contributed by atoms with Crippen molar-refractivity contribution in [2.45, 2.75) is 6.61 Å². The van der Waals surface area contributed by atoms with E-state index in [1.807, 2.05) is 0 Å². The monoisotopic (exact) mass is 294 g/mol. The van der Waals surface area contributed by atoms with Crippen molar-refractivity contribution >= 4 is 17.4 Å². The minimum Gasteiger partial charge on any atom is -0.487 e. The minimum absolute atomic E-state index is 0.0118. The summed E-state index contributed by atoms with van der Waals surface area (Å²) in [4.78, 5) is 0. The summed E-state index contributed by atoms with van der Waals surface area (Å²) >= 11 is 5.94. The maximum absolute atomic E-state index is 14.1. The fourth-order valence-corrected chi connectivity index (χ4v) is 1.85. The molecule has 0 atom stereocenters. The highest BCUT2D eigenvalue weighted by molar-refractivity contribution is 6.32. The zero-order chi connectivity index (χ0) is 14.5. The number of hydrogen-bond donors (Lipinski definition) is 2. The lowest BCUT2D eigenvalue weighted by molar-refractivity contribution is 0.299. The molecular formula is C14H12ClFN2O2. The predicted octanol–water partition coefficient (Wildman–Crippen LogP) is 3.15. The van der Waals surface area contributed by atoms with E-state index in [4.69, 9.17) is 27.3 Å². The molecule has 0 fully saturated rings. The molecule has 0 saturated heterocycles. The summed E-state index contributed by atoms with van der Waals surface area (Å²) in [5.74, 6) is -0.417. The molecule has 0 bridgehead atoms. The lowest BCUT2D eigenvalue weighted by atomic mass is 10.1. The van der Waals surface area contributed by atoms with Gasteiger partial charge in [0.05, 0.1) is 10.6 Å². The van der Waals surface area contributed by atoms with Crippen LogP contribution in [0.1, 0.15) is 11.1 Å². The van der Waals surface area contributed by atoms with Crippen LogP contribution in [0.3, 0.4) is 0 Å². The number of nitrogens with zero attached hydrogens (tertiary/aromatic N) is 1. The van der Waals surface area contributed by atoms with Gasteiger partial charge in [-0.1, -0.05) is 41.0 Å². The summed E-state index contributed by atoms with van der Waals surface area (Å²) in [6.07, 6.45) is 0. The van der Waals surface area contributed by atoms with Gasteiger partial charge in [-0.25, -0.2) is 4.39 Å². The largest absolute Gasteiger partial charge is 0.487 e. The normalized spacial score (nSPS) is 11.4. The summed E-state index contributed by atoms with van der Waals surface area (Å²) in [5, 5.41) is 11.8. The van der Waals surface area contributed by atoms with Gasteiger partial charge in [-0.3, -0.25) is 0 Å². The maximum atomic E-state index is 14.1. The van der Waals surface area contributed by atoms with Crippen LogP contribution in [-0.4, -0.2) is 11.0 Å². The molecule has 0 unspecified atom stereocenters. The molecule has 0 aromatic heterocycles. The molecule has 4 nitrogen and oxygen atoms in total. The SMILES string of the molecule is N/C(=N/O)c1cccc(COc2ccccc2Cl)c1F. The van der Waals surface area contributed by atoms with Crippen molar-refractivity contribution in [1.29, 1.82) is 0 Å². The van der Waals surface area contributed by atoms with Gasteiger partial charge < -0.3 is 15.7 Å². The highest BCUT2D eigenvalue weighted by atomic mass is 35.5. The van der Waals surface area contributed by atoms with E-state index in [1.165, 1.54) is 6.07 Å². The lowest BCUT2D eigenvalue weighted by Crippen LogP contribution is -2.16. The van der Waals surface area contributed by atoms with Crippen LogP contribution >= 0.6 is 11.6 Å². The molecule has 0 amide bonds. The molecule has 2 rings (SSSR count). The Bertz CT molecular complexity index is 647. The van der Waals surface area contributed by atoms with E-state index < -0.39 is 5.82 Å². The molecule has 2 aromatic rings. The first-order valence-electron chi connectivity index (χ1n) is 5.76. The van der Waals surface area contributed by atoms with E-state index in [1.54, 1.807) is 36.4 Å². The van der Waals surface area contributed by atoms with Crippen molar-refractivity contribution in [3.05, 3.63) is 64.4 Å². The van der Waals surface area contributed by atoms with Crippen molar-refractivity contribution in [2.75, 3.05) is 0 Å². The fourth-order valence-electron chi connectivity index (χ4n) is 1.66. The fraction of sp³-hybridized carbons (Fsp3) is 0.0714. The quantitative estimate of drug-likeness (QED) is 0.394. The smallest absolute Gasteiger partial charge is 0.173 e. The zero-order valence-corrected chi connectivity index (χ0v) is 11.1. The molecule has 20 heavy (non-hydrogen) atoms. The third-order valence-corrected chi connectivity index (χ3v) is 2.99. The number of nitrogens with two attached hydrogens (primary N) is 1. The molecule has 2 aromatic carbocycles. The van der Waals surface area contributed by atoms with Crippen LogP contribution in [0.5, 0.6) is 5.75 Å². The number of ether oxygens (including phenoxy) is 1. The van der Waals surface area contributed by atoms with E-state index in [0.717, 1.165) is 0 Å². The Hall–Kier alpha value is -2.27. The van der Waals surface area contributed by atoms with Gasteiger partial charge in [0.1, 0.15) is 18.2 Å².